The number of imide groups is 2. The van der Waals surface area contributed by atoms with Gasteiger partial charge in [-0.2, -0.15) is 0 Å². The van der Waals surface area contributed by atoms with Crippen LogP contribution >= 0.6 is 0 Å². The molecule has 1 heterocycles. The van der Waals surface area contributed by atoms with Crippen molar-refractivity contribution in [2.75, 3.05) is 19.1 Å². The summed E-state index contributed by atoms with van der Waals surface area (Å²) >= 11 is 0. The van der Waals surface area contributed by atoms with E-state index in [9.17, 15) is 14.4 Å². The topological polar surface area (TPSA) is 84.9 Å². The number of fused-ring (bicyclic) bond motifs is 1. The number of carbonyl (C=O) groups excluding carboxylic acids is 3. The van der Waals surface area contributed by atoms with Crippen LogP contribution in [0.1, 0.15) is 5.56 Å². The minimum Gasteiger partial charge on any atom is -0.497 e. The highest BCUT2D eigenvalue weighted by molar-refractivity contribution is 6.39. The Morgan fingerprint density at radius 2 is 1.53 bits per heavy atom. The number of nitrogens with zero attached hydrogens (tertiary/aromatic N) is 1. The van der Waals surface area contributed by atoms with Gasteiger partial charge in [-0.25, -0.2) is 9.69 Å². The van der Waals surface area contributed by atoms with Crippen molar-refractivity contribution in [1.29, 1.82) is 0 Å². The molecule has 3 aromatic rings. The first-order valence-electron chi connectivity index (χ1n) is 9.14. The maximum atomic E-state index is 13.1. The summed E-state index contributed by atoms with van der Waals surface area (Å²) in [5, 5.41) is 3.90. The van der Waals surface area contributed by atoms with Gasteiger partial charge in [-0.15, -0.1) is 0 Å². The number of amides is 4. The molecule has 4 amide bonds. The molecule has 0 radical (unpaired) electrons. The fraction of sp³-hybridized carbons (Fsp3) is 0.0870. The standard InChI is InChI=1S/C23H18N2O5/c1-29-16-10-8-15(9-11-16)25-22(27)19(21(26)24-23(25)28)13-14-7-12-20(30-2)18-6-4-3-5-17(14)18/h3-13H,1-2H3,(H,24,26,28). The molecule has 1 saturated heterocycles. The van der Waals surface area contributed by atoms with Gasteiger partial charge in [0.25, 0.3) is 11.8 Å². The molecular formula is C23H18N2O5. The molecule has 0 saturated carbocycles. The van der Waals surface area contributed by atoms with E-state index < -0.39 is 17.8 Å². The van der Waals surface area contributed by atoms with Gasteiger partial charge in [0.2, 0.25) is 0 Å². The lowest BCUT2D eigenvalue weighted by atomic mass is 10.00. The lowest BCUT2D eigenvalue weighted by Gasteiger charge is -2.26. The van der Waals surface area contributed by atoms with Gasteiger partial charge < -0.3 is 9.47 Å². The monoisotopic (exact) mass is 402 g/mol. The zero-order valence-corrected chi connectivity index (χ0v) is 16.3. The predicted molar refractivity (Wildman–Crippen MR) is 112 cm³/mol. The van der Waals surface area contributed by atoms with Crippen molar-refractivity contribution >= 4 is 40.4 Å². The summed E-state index contributed by atoms with van der Waals surface area (Å²) in [6, 6.07) is 16.7. The highest BCUT2D eigenvalue weighted by Crippen LogP contribution is 2.31. The van der Waals surface area contributed by atoms with Gasteiger partial charge in [0.1, 0.15) is 17.1 Å². The van der Waals surface area contributed by atoms with Gasteiger partial charge in [-0.05, 0) is 47.4 Å². The second-order valence-corrected chi connectivity index (χ2v) is 6.56. The first-order chi connectivity index (χ1) is 14.5. The molecule has 0 spiro atoms. The number of methoxy groups -OCH3 is 2. The van der Waals surface area contributed by atoms with E-state index in [1.54, 1.807) is 43.5 Å². The third kappa shape index (κ3) is 3.26. The molecule has 3 aromatic carbocycles. The van der Waals surface area contributed by atoms with Gasteiger partial charge in [-0.3, -0.25) is 14.9 Å². The first-order valence-corrected chi connectivity index (χ1v) is 9.14. The zero-order valence-electron chi connectivity index (χ0n) is 16.3. The second-order valence-electron chi connectivity index (χ2n) is 6.56. The Morgan fingerprint density at radius 1 is 0.833 bits per heavy atom. The minimum atomic E-state index is -0.799. The normalized spacial score (nSPS) is 15.5. The van der Waals surface area contributed by atoms with Crippen molar-refractivity contribution in [2.24, 2.45) is 0 Å². The Balaban J connectivity index is 1.79. The molecule has 30 heavy (non-hydrogen) atoms. The quantitative estimate of drug-likeness (QED) is 0.533. The average molecular weight is 402 g/mol. The van der Waals surface area contributed by atoms with E-state index in [1.165, 1.54) is 13.2 Å². The lowest BCUT2D eigenvalue weighted by Crippen LogP contribution is -2.54. The molecule has 1 aliphatic heterocycles. The second kappa shape index (κ2) is 7.71. The highest BCUT2D eigenvalue weighted by Gasteiger charge is 2.36. The fourth-order valence-corrected chi connectivity index (χ4v) is 3.38. The predicted octanol–water partition coefficient (Wildman–Crippen LogP) is 3.52. The van der Waals surface area contributed by atoms with Crippen molar-refractivity contribution in [3.63, 3.8) is 0 Å². The van der Waals surface area contributed by atoms with Crippen LogP contribution in [-0.4, -0.2) is 32.1 Å². The van der Waals surface area contributed by atoms with Crippen LogP contribution in [0.5, 0.6) is 11.5 Å². The Labute approximate surface area is 172 Å². The number of carbonyl (C=O) groups is 3. The highest BCUT2D eigenvalue weighted by atomic mass is 16.5. The maximum Gasteiger partial charge on any atom is 0.335 e. The largest absolute Gasteiger partial charge is 0.497 e. The van der Waals surface area contributed by atoms with Crippen LogP contribution in [-0.2, 0) is 9.59 Å². The van der Waals surface area contributed by atoms with Crippen molar-refractivity contribution in [3.8, 4) is 11.5 Å². The van der Waals surface area contributed by atoms with E-state index in [1.807, 2.05) is 24.3 Å². The molecule has 1 fully saturated rings. The van der Waals surface area contributed by atoms with E-state index in [0.29, 0.717) is 22.7 Å². The number of barbiturate groups is 1. The van der Waals surface area contributed by atoms with E-state index in [2.05, 4.69) is 5.32 Å². The summed E-state index contributed by atoms with van der Waals surface area (Å²) in [6.45, 7) is 0. The Morgan fingerprint density at radius 3 is 2.20 bits per heavy atom. The van der Waals surface area contributed by atoms with Crippen molar-refractivity contribution in [2.45, 2.75) is 0 Å². The van der Waals surface area contributed by atoms with Crippen LogP contribution < -0.4 is 19.7 Å². The lowest BCUT2D eigenvalue weighted by molar-refractivity contribution is -0.122. The van der Waals surface area contributed by atoms with Crippen LogP contribution in [0.3, 0.4) is 0 Å². The van der Waals surface area contributed by atoms with Gasteiger partial charge in [0.15, 0.2) is 0 Å². The molecule has 7 heteroatoms. The van der Waals surface area contributed by atoms with Gasteiger partial charge in [0, 0.05) is 5.39 Å². The SMILES string of the molecule is COc1ccc(N2C(=O)NC(=O)C(=Cc3ccc(OC)c4ccccc34)C2=O)cc1. The zero-order chi connectivity index (χ0) is 21.3. The number of hydrogen-bond acceptors (Lipinski definition) is 5. The van der Waals surface area contributed by atoms with Crippen LogP contribution in [0.2, 0.25) is 0 Å². The van der Waals surface area contributed by atoms with E-state index in [-0.39, 0.29) is 5.57 Å². The van der Waals surface area contributed by atoms with Crippen molar-refractivity contribution in [3.05, 3.63) is 71.8 Å². The number of rotatable bonds is 4. The van der Waals surface area contributed by atoms with Crippen LogP contribution in [0.25, 0.3) is 16.8 Å². The Bertz CT molecular complexity index is 1200. The number of hydrogen-bond donors (Lipinski definition) is 1. The number of ether oxygens (including phenoxy) is 2. The van der Waals surface area contributed by atoms with Crippen LogP contribution in [0, 0.1) is 0 Å². The smallest absolute Gasteiger partial charge is 0.335 e. The molecule has 150 valence electrons. The molecule has 0 unspecified atom stereocenters. The van der Waals surface area contributed by atoms with Crippen LogP contribution in [0.15, 0.2) is 66.2 Å². The summed E-state index contributed by atoms with van der Waals surface area (Å²) < 4.78 is 10.5. The molecule has 1 aliphatic rings. The van der Waals surface area contributed by atoms with Gasteiger partial charge in [-0.1, -0.05) is 30.3 Å². The number of benzene rings is 3. The summed E-state index contributed by atoms with van der Waals surface area (Å²) in [4.78, 5) is 38.8. The van der Waals surface area contributed by atoms with Crippen molar-refractivity contribution < 1.29 is 23.9 Å². The number of urea groups is 1. The summed E-state index contributed by atoms with van der Waals surface area (Å²) in [6.07, 6.45) is 1.49. The Kier molecular flexibility index (Phi) is 4.93. The number of anilines is 1. The van der Waals surface area contributed by atoms with Crippen molar-refractivity contribution in [1.82, 2.24) is 5.32 Å². The summed E-state index contributed by atoms with van der Waals surface area (Å²) in [7, 11) is 3.10. The minimum absolute atomic E-state index is 0.138. The molecule has 0 aliphatic carbocycles. The summed E-state index contributed by atoms with van der Waals surface area (Å²) in [5.41, 5.74) is 0.853. The molecule has 0 aromatic heterocycles. The third-order valence-electron chi connectivity index (χ3n) is 4.87. The Hall–Kier alpha value is -4.13. The molecule has 0 bridgehead atoms. The molecule has 4 rings (SSSR count). The molecule has 0 atom stereocenters. The van der Waals surface area contributed by atoms with E-state index in [4.69, 9.17) is 9.47 Å². The number of nitrogens with one attached hydrogen (secondary N) is 1. The van der Waals surface area contributed by atoms with Crippen LogP contribution in [0.4, 0.5) is 10.5 Å². The molecule has 7 nitrogen and oxygen atoms in total. The van der Waals surface area contributed by atoms with Gasteiger partial charge in [0.05, 0.1) is 19.9 Å². The third-order valence-corrected chi connectivity index (χ3v) is 4.87. The maximum absolute atomic E-state index is 13.1. The molecular weight excluding hydrogens is 384 g/mol. The fourth-order valence-electron chi connectivity index (χ4n) is 3.38. The van der Waals surface area contributed by atoms with Gasteiger partial charge >= 0.3 is 6.03 Å². The van der Waals surface area contributed by atoms with E-state index >= 15 is 0 Å². The average Bonchev–Trinajstić information content (AvgIpc) is 2.77. The van der Waals surface area contributed by atoms with E-state index in [0.717, 1.165) is 15.7 Å². The summed E-state index contributed by atoms with van der Waals surface area (Å²) in [5.74, 6) is -0.175. The molecule has 1 N–H and O–H groups in total. The first kappa shape index (κ1) is 19.2.